The van der Waals surface area contributed by atoms with Gasteiger partial charge in [0.1, 0.15) is 0 Å². The van der Waals surface area contributed by atoms with Crippen molar-refractivity contribution in [2.75, 3.05) is 16.6 Å². The average Bonchev–Trinajstić information content (AvgIpc) is 2.74. The minimum Gasteiger partial charge on any atom is -0.343 e. The van der Waals surface area contributed by atoms with Crippen LogP contribution in [0.1, 0.15) is 10.4 Å². The molecular formula is C21H17BrClN3O4S. The highest BCUT2D eigenvalue weighted by Crippen LogP contribution is 2.25. The highest BCUT2D eigenvalue weighted by molar-refractivity contribution is 9.10. The first-order valence-corrected chi connectivity index (χ1v) is 11.6. The number of anilines is 2. The first-order chi connectivity index (χ1) is 14.8. The zero-order valence-corrected chi connectivity index (χ0v) is 19.1. The number of amides is 2. The molecule has 0 saturated heterocycles. The van der Waals surface area contributed by atoms with Gasteiger partial charge in [-0.3, -0.25) is 14.3 Å². The fourth-order valence-electron chi connectivity index (χ4n) is 2.59. The molecule has 31 heavy (non-hydrogen) atoms. The summed E-state index contributed by atoms with van der Waals surface area (Å²) in [5.74, 6) is -0.920. The Morgan fingerprint density at radius 1 is 0.935 bits per heavy atom. The first-order valence-electron chi connectivity index (χ1n) is 8.96. The Labute approximate surface area is 193 Å². The molecule has 0 heterocycles. The molecule has 7 nitrogen and oxygen atoms in total. The maximum absolute atomic E-state index is 12.7. The molecule has 0 aromatic heterocycles. The highest BCUT2D eigenvalue weighted by Gasteiger charge is 2.17. The Balaban J connectivity index is 1.65. The lowest BCUT2D eigenvalue weighted by Crippen LogP contribution is -2.33. The maximum atomic E-state index is 12.7. The number of benzene rings is 3. The standard InChI is InChI=1S/C21H17BrClN3O4S/c22-17-9-2-1-8-16(17)21(28)24-13-20(27)25-14-6-5-7-15(12-14)31(29,30)26-19-11-4-3-10-18(19)23/h1-12,26H,13H2,(H,24,28)(H,25,27). The van der Waals surface area contributed by atoms with Crippen LogP contribution in [0, 0.1) is 0 Å². The summed E-state index contributed by atoms with van der Waals surface area (Å²) in [6.45, 7) is -0.283. The number of hydrogen-bond donors (Lipinski definition) is 3. The minimum absolute atomic E-state index is 0.0533. The van der Waals surface area contributed by atoms with Gasteiger partial charge in [0.25, 0.3) is 15.9 Å². The van der Waals surface area contributed by atoms with Crippen molar-refractivity contribution in [2.24, 2.45) is 0 Å². The molecule has 0 radical (unpaired) electrons. The van der Waals surface area contributed by atoms with E-state index in [1.807, 2.05) is 0 Å². The number of sulfonamides is 1. The van der Waals surface area contributed by atoms with E-state index < -0.39 is 21.8 Å². The predicted octanol–water partition coefficient (Wildman–Crippen LogP) is 4.27. The van der Waals surface area contributed by atoms with Crippen molar-refractivity contribution in [1.29, 1.82) is 0 Å². The molecule has 0 bridgehead atoms. The quantitative estimate of drug-likeness (QED) is 0.431. The zero-order chi connectivity index (χ0) is 22.4. The molecule has 0 saturated carbocycles. The number of carbonyl (C=O) groups is 2. The van der Waals surface area contributed by atoms with Crippen LogP contribution in [-0.4, -0.2) is 26.8 Å². The fraction of sp³-hybridized carbons (Fsp3) is 0.0476. The van der Waals surface area contributed by atoms with E-state index in [1.165, 1.54) is 18.2 Å². The minimum atomic E-state index is -3.92. The molecule has 3 rings (SSSR count). The van der Waals surface area contributed by atoms with Crippen LogP contribution in [0.15, 0.2) is 82.2 Å². The molecule has 2 amide bonds. The zero-order valence-electron chi connectivity index (χ0n) is 15.9. The number of para-hydroxylation sites is 1. The van der Waals surface area contributed by atoms with Crippen molar-refractivity contribution in [3.63, 3.8) is 0 Å². The second-order valence-corrected chi connectivity index (χ2v) is 9.27. The lowest BCUT2D eigenvalue weighted by Gasteiger charge is -2.11. The SMILES string of the molecule is O=C(CNC(=O)c1ccccc1Br)Nc1cccc(S(=O)(=O)Nc2ccccc2Cl)c1. The summed E-state index contributed by atoms with van der Waals surface area (Å²) < 4.78 is 28.3. The summed E-state index contributed by atoms with van der Waals surface area (Å²) in [7, 11) is -3.92. The van der Waals surface area contributed by atoms with E-state index in [9.17, 15) is 18.0 Å². The Morgan fingerprint density at radius 3 is 2.39 bits per heavy atom. The largest absolute Gasteiger partial charge is 0.343 e. The third-order valence-corrected chi connectivity index (χ3v) is 6.46. The van der Waals surface area contributed by atoms with E-state index in [0.29, 0.717) is 10.0 Å². The van der Waals surface area contributed by atoms with Crippen LogP contribution in [0.2, 0.25) is 5.02 Å². The maximum Gasteiger partial charge on any atom is 0.262 e. The van der Waals surface area contributed by atoms with Crippen LogP contribution in [0.25, 0.3) is 0 Å². The van der Waals surface area contributed by atoms with E-state index in [1.54, 1.807) is 54.6 Å². The van der Waals surface area contributed by atoms with Crippen molar-refractivity contribution in [2.45, 2.75) is 4.90 Å². The van der Waals surface area contributed by atoms with Crippen LogP contribution in [0.3, 0.4) is 0 Å². The molecule has 0 aliphatic heterocycles. The van der Waals surface area contributed by atoms with Crippen LogP contribution in [0.5, 0.6) is 0 Å². The summed E-state index contributed by atoms with van der Waals surface area (Å²) >= 11 is 9.29. The third-order valence-electron chi connectivity index (χ3n) is 4.07. The van der Waals surface area contributed by atoms with Crippen molar-refractivity contribution in [1.82, 2.24) is 5.32 Å². The average molecular weight is 523 g/mol. The van der Waals surface area contributed by atoms with Crippen molar-refractivity contribution >= 4 is 60.7 Å². The van der Waals surface area contributed by atoms with Gasteiger partial charge >= 0.3 is 0 Å². The van der Waals surface area contributed by atoms with E-state index in [0.717, 1.165) is 0 Å². The third kappa shape index (κ3) is 6.06. The molecule has 0 unspecified atom stereocenters. The first kappa shape index (κ1) is 22.8. The van der Waals surface area contributed by atoms with Gasteiger partial charge in [-0.1, -0.05) is 41.9 Å². The number of carbonyl (C=O) groups excluding carboxylic acids is 2. The van der Waals surface area contributed by atoms with Crippen LogP contribution in [0.4, 0.5) is 11.4 Å². The second-order valence-electron chi connectivity index (χ2n) is 6.32. The van der Waals surface area contributed by atoms with Gasteiger partial charge in [-0.25, -0.2) is 8.42 Å². The summed E-state index contributed by atoms with van der Waals surface area (Å²) in [4.78, 5) is 24.3. The van der Waals surface area contributed by atoms with E-state index in [-0.39, 0.29) is 27.8 Å². The van der Waals surface area contributed by atoms with Gasteiger partial charge in [-0.2, -0.15) is 0 Å². The van der Waals surface area contributed by atoms with Gasteiger partial charge in [0.2, 0.25) is 5.91 Å². The van der Waals surface area contributed by atoms with Crippen molar-refractivity contribution < 1.29 is 18.0 Å². The van der Waals surface area contributed by atoms with E-state index >= 15 is 0 Å². The molecule has 3 N–H and O–H groups in total. The Hall–Kier alpha value is -2.88. The van der Waals surface area contributed by atoms with E-state index in [2.05, 4.69) is 31.3 Å². The van der Waals surface area contributed by atoms with Crippen molar-refractivity contribution in [3.8, 4) is 0 Å². The fourth-order valence-corrected chi connectivity index (χ4v) is 4.42. The monoisotopic (exact) mass is 521 g/mol. The Bertz CT molecular complexity index is 1230. The highest BCUT2D eigenvalue weighted by atomic mass is 79.9. The number of halogens is 2. The number of hydrogen-bond acceptors (Lipinski definition) is 4. The molecule has 0 aliphatic carbocycles. The molecule has 0 spiro atoms. The molecule has 3 aromatic rings. The van der Waals surface area contributed by atoms with Gasteiger partial charge in [0.05, 0.1) is 27.7 Å². The topological polar surface area (TPSA) is 104 Å². The summed E-state index contributed by atoms with van der Waals surface area (Å²) in [6, 6.07) is 19.0. The molecule has 3 aromatic carbocycles. The number of nitrogens with one attached hydrogen (secondary N) is 3. The van der Waals surface area contributed by atoms with Crippen LogP contribution in [-0.2, 0) is 14.8 Å². The van der Waals surface area contributed by atoms with Gasteiger partial charge in [-0.05, 0) is 58.4 Å². The normalized spacial score (nSPS) is 10.9. The summed E-state index contributed by atoms with van der Waals surface area (Å²) in [5, 5.41) is 5.35. The second kappa shape index (κ2) is 9.95. The Morgan fingerprint density at radius 2 is 1.65 bits per heavy atom. The molecule has 0 atom stereocenters. The van der Waals surface area contributed by atoms with Gasteiger partial charge in [0.15, 0.2) is 0 Å². The Kier molecular flexibility index (Phi) is 7.32. The van der Waals surface area contributed by atoms with Gasteiger partial charge in [-0.15, -0.1) is 0 Å². The lowest BCUT2D eigenvalue weighted by atomic mass is 10.2. The molecule has 160 valence electrons. The number of rotatable bonds is 7. The molecule has 10 heteroatoms. The van der Waals surface area contributed by atoms with Crippen molar-refractivity contribution in [3.05, 3.63) is 87.9 Å². The molecular weight excluding hydrogens is 506 g/mol. The molecule has 0 fully saturated rings. The van der Waals surface area contributed by atoms with Gasteiger partial charge < -0.3 is 10.6 Å². The smallest absolute Gasteiger partial charge is 0.262 e. The van der Waals surface area contributed by atoms with Crippen LogP contribution >= 0.6 is 27.5 Å². The lowest BCUT2D eigenvalue weighted by molar-refractivity contribution is -0.115. The summed E-state index contributed by atoms with van der Waals surface area (Å²) in [5.41, 5.74) is 0.907. The van der Waals surface area contributed by atoms with Crippen LogP contribution < -0.4 is 15.4 Å². The van der Waals surface area contributed by atoms with Gasteiger partial charge in [0, 0.05) is 10.2 Å². The van der Waals surface area contributed by atoms with E-state index in [4.69, 9.17) is 11.6 Å². The predicted molar refractivity (Wildman–Crippen MR) is 124 cm³/mol. The molecule has 0 aliphatic rings. The summed E-state index contributed by atoms with van der Waals surface area (Å²) in [6.07, 6.45) is 0.